The van der Waals surface area contributed by atoms with Crippen molar-refractivity contribution in [3.05, 3.63) is 59.4 Å². The van der Waals surface area contributed by atoms with E-state index in [9.17, 15) is 4.79 Å². The summed E-state index contributed by atoms with van der Waals surface area (Å²) in [6.45, 7) is 1.67. The first kappa shape index (κ1) is 15.0. The number of carbonyl (C=O) groups excluding carboxylic acids is 1. The van der Waals surface area contributed by atoms with Crippen molar-refractivity contribution < 1.29 is 9.53 Å². The summed E-state index contributed by atoms with van der Waals surface area (Å²) in [6.07, 6.45) is 3.35. The summed E-state index contributed by atoms with van der Waals surface area (Å²) in [5.74, 6) is 0.232. The number of carbonyl (C=O) groups is 1. The number of hydrogen-bond donors (Lipinski definition) is 1. The minimum Gasteiger partial charge on any atom is -0.484 e. The number of rotatable bonds is 5. The molecule has 2 rings (SSSR count). The Morgan fingerprint density at radius 2 is 2.10 bits per heavy atom. The minimum absolute atomic E-state index is 0.120. The summed E-state index contributed by atoms with van der Waals surface area (Å²) in [5, 5.41) is 4.61. The molecule has 0 aliphatic heterocycles. The van der Waals surface area contributed by atoms with Gasteiger partial charge in [-0.15, -0.1) is 0 Å². The van der Waals surface area contributed by atoms with Crippen LogP contribution in [0.25, 0.3) is 0 Å². The standard InChI is InChI=1S/C15H14ClN3O2/c1-11(12-3-2-8-17-9-12)18-19-15(20)10-21-14-6-4-13(16)5-7-14/h2-9H,10H2,1H3,(H,19,20)/b18-11+. The molecule has 0 aliphatic carbocycles. The Bertz CT molecular complexity index is 627. The van der Waals surface area contributed by atoms with Crippen LogP contribution in [0.4, 0.5) is 0 Å². The van der Waals surface area contributed by atoms with Crippen LogP contribution < -0.4 is 10.2 Å². The van der Waals surface area contributed by atoms with Gasteiger partial charge < -0.3 is 4.74 Å². The van der Waals surface area contributed by atoms with E-state index in [0.717, 1.165) is 5.56 Å². The van der Waals surface area contributed by atoms with E-state index in [4.69, 9.17) is 16.3 Å². The number of hydrazone groups is 1. The Labute approximate surface area is 127 Å². The fourth-order valence-electron chi connectivity index (χ4n) is 1.50. The molecule has 0 saturated carbocycles. The molecule has 1 aromatic carbocycles. The van der Waals surface area contributed by atoms with Crippen molar-refractivity contribution in [3.8, 4) is 5.75 Å². The highest BCUT2D eigenvalue weighted by Crippen LogP contribution is 2.15. The molecular formula is C15H14ClN3O2. The van der Waals surface area contributed by atoms with Crippen LogP contribution >= 0.6 is 11.6 Å². The third kappa shape index (κ3) is 4.89. The van der Waals surface area contributed by atoms with Gasteiger partial charge in [0, 0.05) is 23.0 Å². The topological polar surface area (TPSA) is 63.6 Å². The Hall–Kier alpha value is -2.40. The molecule has 1 aromatic heterocycles. The van der Waals surface area contributed by atoms with Gasteiger partial charge in [-0.3, -0.25) is 9.78 Å². The average Bonchev–Trinajstić information content (AvgIpc) is 2.53. The normalized spacial score (nSPS) is 11.0. The van der Waals surface area contributed by atoms with Gasteiger partial charge in [-0.1, -0.05) is 17.7 Å². The zero-order valence-corrected chi connectivity index (χ0v) is 12.2. The Morgan fingerprint density at radius 3 is 2.76 bits per heavy atom. The molecule has 0 unspecified atom stereocenters. The van der Waals surface area contributed by atoms with Gasteiger partial charge in [-0.25, -0.2) is 5.43 Å². The molecule has 0 radical (unpaired) electrons. The number of nitrogens with one attached hydrogen (secondary N) is 1. The molecule has 0 spiro atoms. The Morgan fingerprint density at radius 1 is 1.33 bits per heavy atom. The zero-order valence-electron chi connectivity index (χ0n) is 11.4. The molecule has 1 amide bonds. The molecule has 0 aliphatic rings. The summed E-state index contributed by atoms with van der Waals surface area (Å²) in [4.78, 5) is 15.6. The molecule has 0 atom stereocenters. The van der Waals surface area contributed by atoms with Crippen molar-refractivity contribution in [2.75, 3.05) is 6.61 Å². The lowest BCUT2D eigenvalue weighted by molar-refractivity contribution is -0.123. The predicted octanol–water partition coefficient (Wildman–Crippen LogP) is 2.65. The van der Waals surface area contributed by atoms with Gasteiger partial charge in [-0.05, 0) is 37.3 Å². The molecule has 0 bridgehead atoms. The third-order valence-corrected chi connectivity index (χ3v) is 2.86. The van der Waals surface area contributed by atoms with Crippen molar-refractivity contribution in [1.29, 1.82) is 0 Å². The lowest BCUT2D eigenvalue weighted by atomic mass is 10.2. The van der Waals surface area contributed by atoms with E-state index in [1.54, 1.807) is 49.6 Å². The van der Waals surface area contributed by atoms with Crippen LogP contribution in [-0.4, -0.2) is 23.2 Å². The molecule has 2 aromatic rings. The Balaban J connectivity index is 1.83. The van der Waals surface area contributed by atoms with Crippen molar-refractivity contribution >= 4 is 23.2 Å². The second-order valence-electron chi connectivity index (χ2n) is 4.22. The van der Waals surface area contributed by atoms with E-state index >= 15 is 0 Å². The SMILES string of the molecule is C/C(=N\NC(=O)COc1ccc(Cl)cc1)c1cccnc1. The first-order valence-corrected chi connectivity index (χ1v) is 6.65. The number of hydrogen-bond acceptors (Lipinski definition) is 4. The van der Waals surface area contributed by atoms with Crippen LogP contribution in [0.3, 0.4) is 0 Å². The molecule has 0 saturated heterocycles. The van der Waals surface area contributed by atoms with Crippen LogP contribution in [0.15, 0.2) is 53.9 Å². The van der Waals surface area contributed by atoms with Crippen molar-refractivity contribution in [2.45, 2.75) is 6.92 Å². The fourth-order valence-corrected chi connectivity index (χ4v) is 1.63. The number of halogens is 1. The second-order valence-corrected chi connectivity index (χ2v) is 4.65. The molecule has 6 heteroatoms. The van der Waals surface area contributed by atoms with Gasteiger partial charge in [0.25, 0.3) is 5.91 Å². The maximum Gasteiger partial charge on any atom is 0.277 e. The molecular weight excluding hydrogens is 290 g/mol. The van der Waals surface area contributed by atoms with E-state index in [-0.39, 0.29) is 12.5 Å². The van der Waals surface area contributed by atoms with Gasteiger partial charge in [-0.2, -0.15) is 5.10 Å². The summed E-state index contributed by atoms with van der Waals surface area (Å²) in [7, 11) is 0. The predicted molar refractivity (Wildman–Crippen MR) is 81.5 cm³/mol. The number of pyridine rings is 1. The van der Waals surface area contributed by atoms with E-state index in [2.05, 4.69) is 15.5 Å². The lowest BCUT2D eigenvalue weighted by Gasteiger charge is -2.05. The number of benzene rings is 1. The van der Waals surface area contributed by atoms with Crippen LogP contribution in [0.2, 0.25) is 5.02 Å². The van der Waals surface area contributed by atoms with Crippen LogP contribution in [0.1, 0.15) is 12.5 Å². The molecule has 1 heterocycles. The van der Waals surface area contributed by atoms with Crippen molar-refractivity contribution in [2.24, 2.45) is 5.10 Å². The van der Waals surface area contributed by atoms with E-state index in [1.807, 2.05) is 6.07 Å². The summed E-state index contributed by atoms with van der Waals surface area (Å²) in [5.41, 5.74) is 3.95. The van der Waals surface area contributed by atoms with Gasteiger partial charge in [0.15, 0.2) is 6.61 Å². The second kappa shape index (κ2) is 7.40. The first-order valence-electron chi connectivity index (χ1n) is 6.27. The summed E-state index contributed by atoms with van der Waals surface area (Å²) < 4.78 is 5.31. The monoisotopic (exact) mass is 303 g/mol. The quantitative estimate of drug-likeness (QED) is 0.682. The van der Waals surface area contributed by atoms with Crippen LogP contribution in [0, 0.1) is 0 Å². The van der Waals surface area contributed by atoms with E-state index in [1.165, 1.54) is 0 Å². The third-order valence-electron chi connectivity index (χ3n) is 2.61. The highest BCUT2D eigenvalue weighted by Gasteiger charge is 2.03. The smallest absolute Gasteiger partial charge is 0.277 e. The molecule has 21 heavy (non-hydrogen) atoms. The number of nitrogens with zero attached hydrogens (tertiary/aromatic N) is 2. The summed E-state index contributed by atoms with van der Waals surface area (Å²) >= 11 is 5.76. The van der Waals surface area contributed by atoms with Crippen molar-refractivity contribution in [3.63, 3.8) is 0 Å². The zero-order chi connectivity index (χ0) is 15.1. The lowest BCUT2D eigenvalue weighted by Crippen LogP contribution is -2.25. The van der Waals surface area contributed by atoms with Gasteiger partial charge in [0.2, 0.25) is 0 Å². The highest BCUT2D eigenvalue weighted by atomic mass is 35.5. The highest BCUT2D eigenvalue weighted by molar-refractivity contribution is 6.30. The minimum atomic E-state index is -0.340. The van der Waals surface area contributed by atoms with E-state index < -0.39 is 0 Å². The molecule has 108 valence electrons. The number of ether oxygens (including phenoxy) is 1. The summed E-state index contributed by atoms with van der Waals surface area (Å²) in [6, 6.07) is 10.4. The molecule has 5 nitrogen and oxygen atoms in total. The number of aromatic nitrogens is 1. The number of amides is 1. The average molecular weight is 304 g/mol. The maximum absolute atomic E-state index is 11.6. The van der Waals surface area contributed by atoms with Crippen molar-refractivity contribution in [1.82, 2.24) is 10.4 Å². The largest absolute Gasteiger partial charge is 0.484 e. The van der Waals surface area contributed by atoms with Gasteiger partial charge in [0.05, 0.1) is 5.71 Å². The van der Waals surface area contributed by atoms with Crippen LogP contribution in [-0.2, 0) is 4.79 Å². The van der Waals surface area contributed by atoms with Gasteiger partial charge in [0.1, 0.15) is 5.75 Å². The Kier molecular flexibility index (Phi) is 5.29. The maximum atomic E-state index is 11.6. The van der Waals surface area contributed by atoms with Gasteiger partial charge >= 0.3 is 0 Å². The molecule has 1 N–H and O–H groups in total. The fraction of sp³-hybridized carbons (Fsp3) is 0.133. The first-order chi connectivity index (χ1) is 10.1. The van der Waals surface area contributed by atoms with E-state index in [0.29, 0.717) is 16.5 Å². The van der Waals surface area contributed by atoms with Crippen LogP contribution in [0.5, 0.6) is 5.75 Å². The molecule has 0 fully saturated rings.